The molecule has 1 aromatic rings. The van der Waals surface area contributed by atoms with Crippen molar-refractivity contribution >= 4 is 0 Å². The summed E-state index contributed by atoms with van der Waals surface area (Å²) in [5.74, 6) is 1.81. The Morgan fingerprint density at radius 3 is 2.92 bits per heavy atom. The molecular weight excluding hydrogens is 318 g/mol. The smallest absolute Gasteiger partial charge is 0.206 e. The molecular formula is C20H25NO4. The first-order chi connectivity index (χ1) is 12.3. The first-order valence-corrected chi connectivity index (χ1v) is 9.67. The molecule has 3 heterocycles. The largest absolute Gasteiger partial charge is 0.493 e. The molecule has 6 rings (SSSR count). The van der Waals surface area contributed by atoms with Crippen molar-refractivity contribution in [2.75, 3.05) is 26.9 Å². The van der Waals surface area contributed by atoms with Crippen molar-refractivity contribution in [2.24, 2.45) is 5.92 Å². The fourth-order valence-electron chi connectivity index (χ4n) is 6.55. The van der Waals surface area contributed by atoms with E-state index in [1.165, 1.54) is 17.5 Å². The van der Waals surface area contributed by atoms with Crippen LogP contribution < -0.4 is 14.8 Å². The fraction of sp³-hybridized carbons (Fsp3) is 0.700. The molecule has 3 fully saturated rings. The van der Waals surface area contributed by atoms with Crippen molar-refractivity contribution < 1.29 is 18.9 Å². The van der Waals surface area contributed by atoms with Gasteiger partial charge in [0.1, 0.15) is 0 Å². The third-order valence-corrected chi connectivity index (χ3v) is 7.34. The van der Waals surface area contributed by atoms with Crippen LogP contribution >= 0.6 is 0 Å². The van der Waals surface area contributed by atoms with Gasteiger partial charge in [-0.2, -0.15) is 0 Å². The van der Waals surface area contributed by atoms with E-state index in [4.69, 9.17) is 18.9 Å². The maximum Gasteiger partial charge on any atom is 0.206 e. The highest BCUT2D eigenvalue weighted by molar-refractivity contribution is 5.61. The van der Waals surface area contributed by atoms with Gasteiger partial charge in [0, 0.05) is 23.4 Å². The van der Waals surface area contributed by atoms with Crippen LogP contribution in [0.3, 0.4) is 0 Å². The summed E-state index contributed by atoms with van der Waals surface area (Å²) < 4.78 is 24.8. The van der Waals surface area contributed by atoms with Crippen LogP contribution in [0.2, 0.25) is 0 Å². The van der Waals surface area contributed by atoms with E-state index in [2.05, 4.69) is 17.4 Å². The molecule has 2 aliphatic carbocycles. The summed E-state index contributed by atoms with van der Waals surface area (Å²) in [5, 5.41) is 3.83. The predicted octanol–water partition coefficient (Wildman–Crippen LogP) is 2.16. The second-order valence-electron chi connectivity index (χ2n) is 8.19. The van der Waals surface area contributed by atoms with Gasteiger partial charge < -0.3 is 24.3 Å². The Kier molecular flexibility index (Phi) is 2.91. The van der Waals surface area contributed by atoms with Crippen LogP contribution in [-0.4, -0.2) is 44.8 Å². The zero-order chi connectivity index (χ0) is 16.6. The Morgan fingerprint density at radius 2 is 2.08 bits per heavy atom. The summed E-state index contributed by atoms with van der Waals surface area (Å²) in [7, 11) is 1.73. The molecule has 2 bridgehead atoms. The lowest BCUT2D eigenvalue weighted by atomic mass is 9.52. The second-order valence-corrected chi connectivity index (χ2v) is 8.19. The van der Waals surface area contributed by atoms with E-state index >= 15 is 0 Å². The highest BCUT2D eigenvalue weighted by atomic mass is 16.8. The number of hydrogen-bond acceptors (Lipinski definition) is 5. The van der Waals surface area contributed by atoms with E-state index in [1.54, 1.807) is 7.11 Å². The summed E-state index contributed by atoms with van der Waals surface area (Å²) in [5.41, 5.74) is 2.82. The molecule has 1 aromatic carbocycles. The summed E-state index contributed by atoms with van der Waals surface area (Å²) in [6.07, 6.45) is 5.38. The van der Waals surface area contributed by atoms with Crippen molar-refractivity contribution in [3.63, 3.8) is 0 Å². The van der Waals surface area contributed by atoms with Crippen LogP contribution in [0.5, 0.6) is 11.5 Å². The molecule has 2 saturated heterocycles. The summed E-state index contributed by atoms with van der Waals surface area (Å²) in [6.45, 7) is 2.43. The Labute approximate surface area is 148 Å². The minimum Gasteiger partial charge on any atom is -0.493 e. The zero-order valence-corrected chi connectivity index (χ0v) is 14.7. The van der Waals surface area contributed by atoms with Gasteiger partial charge in [0.15, 0.2) is 17.6 Å². The first kappa shape index (κ1) is 14.8. The number of methoxy groups -OCH3 is 1. The molecule has 0 radical (unpaired) electrons. The Hall–Kier alpha value is -1.30. The molecule has 134 valence electrons. The molecule has 1 saturated carbocycles. The molecule has 0 amide bonds. The maximum atomic E-state index is 6.69. The third kappa shape index (κ3) is 1.65. The lowest BCUT2D eigenvalue weighted by Gasteiger charge is -2.54. The second kappa shape index (κ2) is 4.90. The normalized spacial score (nSPS) is 39.6. The third-order valence-electron chi connectivity index (χ3n) is 7.34. The van der Waals surface area contributed by atoms with Crippen molar-refractivity contribution in [1.82, 2.24) is 5.32 Å². The van der Waals surface area contributed by atoms with Crippen molar-refractivity contribution in [2.45, 2.75) is 55.5 Å². The zero-order valence-electron chi connectivity index (χ0n) is 14.7. The van der Waals surface area contributed by atoms with Gasteiger partial charge in [0.2, 0.25) is 5.79 Å². The minimum atomic E-state index is -0.579. The van der Waals surface area contributed by atoms with E-state index in [9.17, 15) is 0 Å². The van der Waals surface area contributed by atoms with Gasteiger partial charge in [0.25, 0.3) is 0 Å². The fourth-order valence-corrected chi connectivity index (χ4v) is 6.55. The van der Waals surface area contributed by atoms with Crippen LogP contribution in [0.25, 0.3) is 0 Å². The average molecular weight is 343 g/mol. The van der Waals surface area contributed by atoms with Crippen LogP contribution in [-0.2, 0) is 21.3 Å². The molecule has 5 nitrogen and oxygen atoms in total. The summed E-state index contributed by atoms with van der Waals surface area (Å²) >= 11 is 0. The highest BCUT2D eigenvalue weighted by Crippen LogP contribution is 2.65. The van der Waals surface area contributed by atoms with E-state index in [0.29, 0.717) is 25.2 Å². The minimum absolute atomic E-state index is 0.00574. The molecule has 0 aromatic heterocycles. The lowest BCUT2D eigenvalue weighted by molar-refractivity contribution is -0.253. The summed E-state index contributed by atoms with van der Waals surface area (Å²) in [4.78, 5) is 0. The van der Waals surface area contributed by atoms with Crippen LogP contribution in [0.4, 0.5) is 0 Å². The van der Waals surface area contributed by atoms with Gasteiger partial charge >= 0.3 is 0 Å². The Balaban J connectivity index is 1.63. The molecule has 1 N–H and O–H groups in total. The van der Waals surface area contributed by atoms with Crippen LogP contribution in [0.15, 0.2) is 12.1 Å². The lowest BCUT2D eigenvalue weighted by Crippen LogP contribution is -2.65. The average Bonchev–Trinajstić information content (AvgIpc) is 3.20. The quantitative estimate of drug-likeness (QED) is 0.847. The number of nitrogens with one attached hydrogen (secondary N) is 1. The Bertz CT molecular complexity index is 729. The number of fused-ring (bicyclic) bond motifs is 1. The topological polar surface area (TPSA) is 49.0 Å². The standard InChI is InChI=1S/C20H25NO4/c1-22-15-4-3-12-11-14-13-5-7-20(23-9-10-24-20)18-19(13,6-2-8-21-14)16(12)17(15)25-18/h3-4,13-14,18,21H,2,5-11H2,1H3. The molecule has 25 heavy (non-hydrogen) atoms. The molecule has 5 aliphatic rings. The van der Waals surface area contributed by atoms with Gasteiger partial charge in [-0.3, -0.25) is 0 Å². The number of ether oxygens (including phenoxy) is 4. The molecule has 5 heteroatoms. The SMILES string of the molecule is COc1ccc2c3c1OC1C4(CCC5C(C2)NCCCC351)OCCO4. The van der Waals surface area contributed by atoms with Gasteiger partial charge in [-0.1, -0.05) is 6.07 Å². The van der Waals surface area contributed by atoms with Gasteiger partial charge in [-0.05, 0) is 49.8 Å². The van der Waals surface area contributed by atoms with E-state index in [-0.39, 0.29) is 11.5 Å². The van der Waals surface area contributed by atoms with E-state index in [1.807, 2.05) is 0 Å². The number of rotatable bonds is 1. The Morgan fingerprint density at radius 1 is 1.20 bits per heavy atom. The van der Waals surface area contributed by atoms with Crippen LogP contribution in [0, 0.1) is 5.92 Å². The monoisotopic (exact) mass is 343 g/mol. The van der Waals surface area contributed by atoms with Crippen LogP contribution in [0.1, 0.15) is 36.8 Å². The number of hydrogen-bond donors (Lipinski definition) is 1. The van der Waals surface area contributed by atoms with Crippen molar-refractivity contribution in [1.29, 1.82) is 0 Å². The summed E-state index contributed by atoms with van der Waals surface area (Å²) in [6, 6.07) is 4.84. The van der Waals surface area contributed by atoms with Gasteiger partial charge in [-0.25, -0.2) is 0 Å². The number of benzene rings is 1. The van der Waals surface area contributed by atoms with E-state index < -0.39 is 5.79 Å². The van der Waals surface area contributed by atoms with E-state index in [0.717, 1.165) is 43.7 Å². The first-order valence-electron chi connectivity index (χ1n) is 9.67. The van der Waals surface area contributed by atoms with Gasteiger partial charge in [-0.15, -0.1) is 0 Å². The molecule has 4 unspecified atom stereocenters. The van der Waals surface area contributed by atoms with Gasteiger partial charge in [0.05, 0.1) is 20.3 Å². The van der Waals surface area contributed by atoms with Crippen molar-refractivity contribution in [3.05, 3.63) is 23.3 Å². The molecule has 3 aliphatic heterocycles. The predicted molar refractivity (Wildman–Crippen MR) is 91.2 cm³/mol. The maximum absolute atomic E-state index is 6.69. The highest BCUT2D eigenvalue weighted by Gasteiger charge is 2.70. The molecule has 2 spiro atoms. The molecule has 4 atom stereocenters. The van der Waals surface area contributed by atoms with Crippen molar-refractivity contribution in [3.8, 4) is 11.5 Å².